The van der Waals surface area contributed by atoms with Crippen LogP contribution >= 0.6 is 15.6 Å². The van der Waals surface area contributed by atoms with Crippen molar-refractivity contribution in [2.45, 2.75) is 36.7 Å². The van der Waals surface area contributed by atoms with Crippen LogP contribution in [0.15, 0.2) is 0 Å². The van der Waals surface area contributed by atoms with E-state index in [0.29, 0.717) is 0 Å². The molecule has 0 aliphatic carbocycles. The molecule has 0 saturated carbocycles. The van der Waals surface area contributed by atoms with Gasteiger partial charge in [-0.05, 0) is 0 Å². The van der Waals surface area contributed by atoms with E-state index in [1.165, 1.54) is 6.42 Å². The highest BCUT2D eigenvalue weighted by molar-refractivity contribution is 8.31. The largest absolute Gasteiger partial charge is 0.443 e. The van der Waals surface area contributed by atoms with Gasteiger partial charge in [0, 0.05) is 0 Å². The van der Waals surface area contributed by atoms with Crippen LogP contribution < -0.4 is 10.3 Å². The van der Waals surface area contributed by atoms with E-state index in [-0.39, 0.29) is 0 Å². The Morgan fingerprint density at radius 2 is 1.00 bits per heavy atom. The fraction of sp³-hybridized carbons (Fsp3) is 1.00. The molecule has 23 heteroatoms. The van der Waals surface area contributed by atoms with E-state index >= 15 is 0 Å². The Balaban J connectivity index is -0.000000211. The molecular weight excluding hydrogens is 557 g/mol. The zero-order chi connectivity index (χ0) is 26.2. The highest BCUT2D eigenvalue weighted by atomic mass is 32.6. The van der Waals surface area contributed by atoms with E-state index in [2.05, 4.69) is 35.9 Å². The van der Waals surface area contributed by atoms with Crippen LogP contribution in [-0.4, -0.2) is 43.0 Å². The summed E-state index contributed by atoms with van der Waals surface area (Å²) in [6.45, 7) is 1.11. The molecule has 2 atom stereocenters. The molecule has 8 nitrogen and oxygen atoms in total. The first-order valence-corrected chi connectivity index (χ1v) is 14.1. The number of rotatable bonds is 4. The molecule has 0 radical (unpaired) electrons. The molecule has 0 spiro atoms. The molecule has 182 valence electrons. The Bertz CT molecular complexity index is 830. The maximum Gasteiger partial charge on any atom is 0.443 e. The predicted molar refractivity (Wildman–Crippen MR) is 94.7 cm³/mol. The Morgan fingerprint density at radius 1 is 0.897 bits per heavy atom. The molecule has 4 N–H and O–H groups in total. The van der Waals surface area contributed by atoms with Crippen molar-refractivity contribution in [3.8, 4) is 0 Å². The van der Waals surface area contributed by atoms with Gasteiger partial charge in [0.2, 0.25) is 0 Å². The highest BCUT2D eigenvalue weighted by Crippen LogP contribution is 2.51. The third-order valence-corrected chi connectivity index (χ3v) is 3.08. The molecule has 0 aromatic heterocycles. The van der Waals surface area contributed by atoms with Crippen molar-refractivity contribution in [2.24, 2.45) is 10.3 Å². The summed E-state index contributed by atoms with van der Waals surface area (Å²) in [5.41, 5.74) is 0. The van der Waals surface area contributed by atoms with E-state index in [9.17, 15) is 63.6 Å². The Hall–Kier alpha value is 0.220. The predicted octanol–water partition coefficient (Wildman–Crippen LogP) is 2.31. The summed E-state index contributed by atoms with van der Waals surface area (Å²) in [5, 5.41) is -6.04. The molecule has 0 bridgehead atoms. The van der Waals surface area contributed by atoms with Gasteiger partial charge in [-0.25, -0.2) is 14.5 Å². The van der Waals surface area contributed by atoms with Gasteiger partial charge < -0.3 is 0 Å². The first-order valence-electron chi connectivity index (χ1n) is 6.29. The second-order valence-corrected chi connectivity index (χ2v) is 12.1. The Labute approximate surface area is 170 Å². The van der Waals surface area contributed by atoms with Crippen molar-refractivity contribution < 1.29 is 63.6 Å². The number of hydrogen-bond acceptors (Lipinski definition) is 7. The molecule has 0 aliphatic rings. The van der Waals surface area contributed by atoms with Crippen molar-refractivity contribution >= 4 is 58.0 Å². The minimum absolute atomic E-state index is 1.25. The van der Waals surface area contributed by atoms with Crippen molar-refractivity contribution in [3.05, 3.63) is 0 Å². The quantitative estimate of drug-likeness (QED) is 0.297. The monoisotopic (exact) mass is 573 g/mol. The molecule has 29 heavy (non-hydrogen) atoms. The van der Waals surface area contributed by atoms with E-state index in [1.807, 2.05) is 0 Å². The van der Waals surface area contributed by atoms with E-state index < -0.39 is 53.7 Å². The normalized spacial score (nSPS) is 15.7. The minimum atomic E-state index is -7.60. The molecule has 0 heterocycles. The van der Waals surface area contributed by atoms with E-state index in [1.54, 1.807) is 8.93 Å². The average molecular weight is 573 g/mol. The molecule has 0 aromatic carbocycles. The van der Waals surface area contributed by atoms with E-state index in [0.717, 1.165) is 0 Å². The number of nitrogens with two attached hydrogens (primary N) is 2. The lowest BCUT2D eigenvalue weighted by molar-refractivity contribution is -0.246. The standard InChI is InChI=1S/C3F8O4S2.C3H8.FH3P2S.H4N2O2S/c4-1(5,2(6,7)16(10,12)13)3(8,9)17(11,14)15;1-3-2;1-3(2)4;1-5(2,3)4/h;3H2,1-2H3;3H,2H2;(H4,1,2,3,4)/i;;3D;. The van der Waals surface area contributed by atoms with Gasteiger partial charge in [0.15, 0.2) is 0 Å². The smallest absolute Gasteiger partial charge is 0.217 e. The topological polar surface area (TPSA) is 154 Å². The first-order chi connectivity index (χ1) is 12.4. The molecule has 0 aromatic rings. The molecule has 0 aliphatic heterocycles. The first kappa shape index (κ1) is 33.8. The van der Waals surface area contributed by atoms with Crippen molar-refractivity contribution in [1.29, 1.82) is 1.28 Å². The van der Waals surface area contributed by atoms with Gasteiger partial charge >= 0.3 is 36.9 Å². The lowest BCUT2D eigenvalue weighted by Crippen LogP contribution is -2.59. The minimum Gasteiger partial charge on any atom is -0.217 e. The van der Waals surface area contributed by atoms with Crippen molar-refractivity contribution in [1.82, 2.24) is 0 Å². The van der Waals surface area contributed by atoms with Crippen LogP contribution in [0.25, 0.3) is 0 Å². The fourth-order valence-corrected chi connectivity index (χ4v) is 1.41. The van der Waals surface area contributed by atoms with Crippen molar-refractivity contribution in [3.63, 3.8) is 0 Å². The lowest BCUT2D eigenvalue weighted by Gasteiger charge is -2.27. The van der Waals surface area contributed by atoms with Gasteiger partial charge in [-0.3, -0.25) is 0 Å². The van der Waals surface area contributed by atoms with Gasteiger partial charge in [-0.15, -0.1) is 0 Å². The van der Waals surface area contributed by atoms with Crippen LogP contribution in [-0.2, 0) is 42.5 Å². The Kier molecular flexibility index (Phi) is 15.1. The Morgan fingerprint density at radius 3 is 1.07 bits per heavy atom. The summed E-state index contributed by atoms with van der Waals surface area (Å²) in [4.78, 5) is 0. The van der Waals surface area contributed by atoms with Gasteiger partial charge in [-0.2, -0.15) is 51.6 Å². The van der Waals surface area contributed by atoms with Gasteiger partial charge in [0.05, 0.1) is 0 Å². The summed E-state index contributed by atoms with van der Waals surface area (Å²) in [5.74, 6) is -7.33. The van der Waals surface area contributed by atoms with Crippen LogP contribution in [0.2, 0.25) is 0 Å². The van der Waals surface area contributed by atoms with Crippen LogP contribution in [0.3, 0.4) is 0 Å². The SMILES string of the molecule is CCC.NS(N)(=O)=O.O=S(=O)(F)C(F)(F)C(F)(F)C(F)(F)S(=O)(=O)F.[2H]P(F)(P)=S. The average Bonchev–Trinajstić information content (AvgIpc) is 2.32. The number of hydrogen-bond donors (Lipinski definition) is 2. The second-order valence-electron chi connectivity index (χ2n) is 4.05. The van der Waals surface area contributed by atoms with Crippen LogP contribution in [0, 0.1) is 0 Å². The molecular formula is C6H15F9N2O6P2S4. The highest BCUT2D eigenvalue weighted by Gasteiger charge is 2.83. The number of halogens is 9. The third-order valence-electron chi connectivity index (χ3n) is 1.34. The van der Waals surface area contributed by atoms with Crippen LogP contribution in [0.1, 0.15) is 20.3 Å². The summed E-state index contributed by atoms with van der Waals surface area (Å²) in [6.07, 6.45) is 1.25. The van der Waals surface area contributed by atoms with Gasteiger partial charge in [-0.1, -0.05) is 48.8 Å². The van der Waals surface area contributed by atoms with Gasteiger partial charge in [0.1, 0.15) is 7.92 Å². The number of alkyl halides is 6. The molecule has 0 fully saturated rings. The molecule has 0 saturated heterocycles. The fourth-order valence-electron chi connectivity index (χ4n) is 0.476. The molecule has 2 unspecified atom stereocenters. The maximum atomic E-state index is 12.2. The van der Waals surface area contributed by atoms with Crippen LogP contribution in [0.5, 0.6) is 0 Å². The lowest BCUT2D eigenvalue weighted by atomic mass is 10.3. The molecule has 0 rings (SSSR count). The van der Waals surface area contributed by atoms with Crippen LogP contribution in [0.4, 0.5) is 38.3 Å². The summed E-state index contributed by atoms with van der Waals surface area (Å²) >= 11 is 3.90. The summed E-state index contributed by atoms with van der Waals surface area (Å²) in [6, 6.07) is 0. The zero-order valence-corrected chi connectivity index (χ0v) is 19.2. The summed E-state index contributed by atoms with van der Waals surface area (Å²) in [7, 11) is -17.2. The van der Waals surface area contributed by atoms with Crippen molar-refractivity contribution in [2.75, 3.05) is 0 Å². The summed E-state index contributed by atoms with van der Waals surface area (Å²) < 4.78 is 170. The molecule has 0 amide bonds. The van der Waals surface area contributed by atoms with Gasteiger partial charge in [0.25, 0.3) is 10.2 Å². The third kappa shape index (κ3) is 14.8. The maximum absolute atomic E-state index is 12.2. The second kappa shape index (κ2) is 12.9. The zero-order valence-electron chi connectivity index (χ0n) is 14.9. The van der Waals surface area contributed by atoms with E-state index in [4.69, 9.17) is 1.28 Å².